The van der Waals surface area contributed by atoms with Crippen LogP contribution in [0, 0.1) is 16.7 Å². The molecule has 1 amide bonds. The highest BCUT2D eigenvalue weighted by Crippen LogP contribution is 2.36. The minimum Gasteiger partial charge on any atom is -0.480 e. The number of carboxylic acid groups (broad SMARTS) is 1. The van der Waals surface area contributed by atoms with Gasteiger partial charge in [-0.25, -0.2) is 0 Å². The standard InChI is InChI=1S/C19H21N3O3/c20-12-14-5-4-6-15(11-14)21-16-7-10-22(13-16)17(23)19(18(24)25)8-2-1-3-9-19/h1-2,4-6,11,16,21H,3,7-10,13H2,(H,24,25). The molecular formula is C19H21N3O3. The highest BCUT2D eigenvalue weighted by molar-refractivity contribution is 6.02. The van der Waals surface area contributed by atoms with Gasteiger partial charge in [-0.15, -0.1) is 0 Å². The van der Waals surface area contributed by atoms with Gasteiger partial charge in [-0.05, 0) is 43.9 Å². The molecule has 2 atom stereocenters. The maximum Gasteiger partial charge on any atom is 0.319 e. The number of nitrogens with one attached hydrogen (secondary N) is 1. The van der Waals surface area contributed by atoms with Crippen LogP contribution in [0.4, 0.5) is 5.69 Å². The van der Waals surface area contributed by atoms with Crippen LogP contribution in [-0.4, -0.2) is 41.0 Å². The molecule has 0 radical (unpaired) electrons. The van der Waals surface area contributed by atoms with Crippen molar-refractivity contribution in [2.24, 2.45) is 5.41 Å². The van der Waals surface area contributed by atoms with Crippen LogP contribution < -0.4 is 5.32 Å². The Morgan fingerprint density at radius 1 is 1.36 bits per heavy atom. The minimum atomic E-state index is -1.32. The SMILES string of the molecule is N#Cc1cccc(NC2CCN(C(=O)C3(C(=O)O)CC=CCC3)C2)c1. The van der Waals surface area contributed by atoms with Gasteiger partial charge >= 0.3 is 5.97 Å². The molecule has 1 heterocycles. The van der Waals surface area contributed by atoms with Crippen molar-refractivity contribution < 1.29 is 14.7 Å². The molecule has 1 saturated heterocycles. The molecule has 2 aliphatic rings. The van der Waals surface area contributed by atoms with E-state index in [1.54, 1.807) is 23.1 Å². The lowest BCUT2D eigenvalue weighted by Crippen LogP contribution is -2.48. The third-order valence-electron chi connectivity index (χ3n) is 5.03. The smallest absolute Gasteiger partial charge is 0.319 e. The second-order valence-electron chi connectivity index (χ2n) is 6.68. The second-order valence-corrected chi connectivity index (χ2v) is 6.68. The van der Waals surface area contributed by atoms with Crippen LogP contribution in [0.5, 0.6) is 0 Å². The Morgan fingerprint density at radius 3 is 2.88 bits per heavy atom. The number of aliphatic carboxylic acids is 1. The Kier molecular flexibility index (Phi) is 4.75. The van der Waals surface area contributed by atoms with Crippen LogP contribution in [0.3, 0.4) is 0 Å². The summed E-state index contributed by atoms with van der Waals surface area (Å²) in [6, 6.07) is 9.37. The third-order valence-corrected chi connectivity index (χ3v) is 5.03. The number of hydrogen-bond acceptors (Lipinski definition) is 4. The average Bonchev–Trinajstić information content (AvgIpc) is 3.10. The zero-order valence-electron chi connectivity index (χ0n) is 13.9. The molecule has 0 bridgehead atoms. The first kappa shape index (κ1) is 17.0. The predicted molar refractivity (Wildman–Crippen MR) is 92.8 cm³/mol. The predicted octanol–water partition coefficient (Wildman–Crippen LogP) is 2.38. The first-order valence-corrected chi connectivity index (χ1v) is 8.49. The van der Waals surface area contributed by atoms with Crippen LogP contribution in [0.25, 0.3) is 0 Å². The topological polar surface area (TPSA) is 93.4 Å². The fraction of sp³-hybridized carbons (Fsp3) is 0.421. The molecule has 6 nitrogen and oxygen atoms in total. The van der Waals surface area contributed by atoms with Crippen molar-refractivity contribution in [1.29, 1.82) is 5.26 Å². The van der Waals surface area contributed by atoms with E-state index in [-0.39, 0.29) is 18.4 Å². The molecule has 0 saturated carbocycles. The summed E-state index contributed by atoms with van der Waals surface area (Å²) in [5.74, 6) is -1.31. The molecule has 130 valence electrons. The van der Waals surface area contributed by atoms with E-state index in [1.165, 1.54) is 0 Å². The van der Waals surface area contributed by atoms with Crippen molar-refractivity contribution in [2.45, 2.75) is 31.7 Å². The average molecular weight is 339 g/mol. The summed E-state index contributed by atoms with van der Waals surface area (Å²) in [5.41, 5.74) is 0.103. The number of allylic oxidation sites excluding steroid dienone is 2. The molecule has 3 rings (SSSR count). The summed E-state index contributed by atoms with van der Waals surface area (Å²) in [5, 5.41) is 22.0. The van der Waals surface area contributed by atoms with Crippen molar-refractivity contribution in [3.05, 3.63) is 42.0 Å². The zero-order valence-corrected chi connectivity index (χ0v) is 13.9. The quantitative estimate of drug-likeness (QED) is 0.649. The fourth-order valence-corrected chi connectivity index (χ4v) is 3.59. The maximum atomic E-state index is 12.9. The van der Waals surface area contributed by atoms with Crippen molar-refractivity contribution in [1.82, 2.24) is 4.90 Å². The number of nitriles is 1. The molecule has 1 fully saturated rings. The van der Waals surface area contributed by atoms with Crippen LogP contribution in [0.2, 0.25) is 0 Å². The summed E-state index contributed by atoms with van der Waals surface area (Å²) < 4.78 is 0. The van der Waals surface area contributed by atoms with Gasteiger partial charge in [0.05, 0.1) is 11.6 Å². The largest absolute Gasteiger partial charge is 0.480 e. The van der Waals surface area contributed by atoms with Gasteiger partial charge in [-0.3, -0.25) is 9.59 Å². The molecule has 1 aliphatic carbocycles. The number of anilines is 1. The Labute approximate surface area is 146 Å². The Balaban J connectivity index is 1.67. The number of benzene rings is 1. The lowest BCUT2D eigenvalue weighted by molar-refractivity contribution is -0.161. The summed E-state index contributed by atoms with van der Waals surface area (Å²) in [4.78, 5) is 26.4. The molecule has 6 heteroatoms. The van der Waals surface area contributed by atoms with E-state index in [0.29, 0.717) is 31.5 Å². The molecule has 1 aliphatic heterocycles. The van der Waals surface area contributed by atoms with Crippen molar-refractivity contribution in [2.75, 3.05) is 18.4 Å². The van der Waals surface area contributed by atoms with Crippen molar-refractivity contribution in [3.8, 4) is 6.07 Å². The number of amides is 1. The molecule has 2 unspecified atom stereocenters. The molecule has 0 aromatic heterocycles. The number of likely N-dealkylation sites (tertiary alicyclic amines) is 1. The molecule has 1 aromatic rings. The van der Waals surface area contributed by atoms with Gasteiger partial charge < -0.3 is 15.3 Å². The molecule has 2 N–H and O–H groups in total. The van der Waals surface area contributed by atoms with E-state index in [2.05, 4.69) is 11.4 Å². The van der Waals surface area contributed by atoms with E-state index in [1.807, 2.05) is 18.2 Å². The normalized spacial score (nSPS) is 25.4. The maximum absolute atomic E-state index is 12.9. The number of carbonyl (C=O) groups is 2. The van der Waals surface area contributed by atoms with E-state index in [9.17, 15) is 14.7 Å². The fourth-order valence-electron chi connectivity index (χ4n) is 3.59. The van der Waals surface area contributed by atoms with Gasteiger partial charge in [0.1, 0.15) is 5.41 Å². The van der Waals surface area contributed by atoms with Gasteiger partial charge in [-0.2, -0.15) is 5.26 Å². The van der Waals surface area contributed by atoms with Crippen molar-refractivity contribution in [3.63, 3.8) is 0 Å². The Hall–Kier alpha value is -2.81. The Morgan fingerprint density at radius 2 is 2.20 bits per heavy atom. The zero-order chi connectivity index (χ0) is 17.9. The highest BCUT2D eigenvalue weighted by atomic mass is 16.4. The first-order chi connectivity index (χ1) is 12.0. The van der Waals surface area contributed by atoms with E-state index in [4.69, 9.17) is 5.26 Å². The summed E-state index contributed by atoms with van der Waals surface area (Å²) in [6.07, 6.45) is 5.73. The molecule has 25 heavy (non-hydrogen) atoms. The van der Waals surface area contributed by atoms with E-state index in [0.717, 1.165) is 12.1 Å². The van der Waals surface area contributed by atoms with Crippen LogP contribution in [0.1, 0.15) is 31.2 Å². The monoisotopic (exact) mass is 339 g/mol. The number of carboxylic acids is 1. The van der Waals surface area contributed by atoms with E-state index >= 15 is 0 Å². The number of rotatable bonds is 4. The number of hydrogen-bond donors (Lipinski definition) is 2. The van der Waals surface area contributed by atoms with Crippen LogP contribution in [0.15, 0.2) is 36.4 Å². The summed E-state index contributed by atoms with van der Waals surface area (Å²) in [7, 11) is 0. The van der Waals surface area contributed by atoms with Crippen LogP contribution >= 0.6 is 0 Å². The molecule has 0 spiro atoms. The molecule has 1 aromatic carbocycles. The second kappa shape index (κ2) is 6.98. The molecular weight excluding hydrogens is 318 g/mol. The third kappa shape index (κ3) is 3.36. The van der Waals surface area contributed by atoms with Gasteiger partial charge in [0.25, 0.3) is 0 Å². The minimum absolute atomic E-state index is 0.0582. The lowest BCUT2D eigenvalue weighted by Gasteiger charge is -2.33. The van der Waals surface area contributed by atoms with Gasteiger partial charge in [0, 0.05) is 24.8 Å². The summed E-state index contributed by atoms with van der Waals surface area (Å²) in [6.45, 7) is 1.03. The van der Waals surface area contributed by atoms with Crippen molar-refractivity contribution >= 4 is 17.6 Å². The van der Waals surface area contributed by atoms with Gasteiger partial charge in [0.15, 0.2) is 0 Å². The summed E-state index contributed by atoms with van der Waals surface area (Å²) >= 11 is 0. The first-order valence-electron chi connectivity index (χ1n) is 8.49. The van der Waals surface area contributed by atoms with Gasteiger partial charge in [0.2, 0.25) is 5.91 Å². The lowest BCUT2D eigenvalue weighted by atomic mass is 9.76. The number of carbonyl (C=O) groups excluding carboxylic acids is 1. The van der Waals surface area contributed by atoms with Crippen LogP contribution in [-0.2, 0) is 9.59 Å². The Bertz CT molecular complexity index is 753. The van der Waals surface area contributed by atoms with Gasteiger partial charge in [-0.1, -0.05) is 18.2 Å². The highest BCUT2D eigenvalue weighted by Gasteiger charge is 2.48. The number of nitrogens with zero attached hydrogens (tertiary/aromatic N) is 2. The van der Waals surface area contributed by atoms with E-state index < -0.39 is 11.4 Å².